The van der Waals surface area contributed by atoms with Crippen LogP contribution in [0.15, 0.2) is 34.1 Å². The monoisotopic (exact) mass is 483 g/mol. The standard InChI is InChI=1S/C23H28F3N3O5/c1-2-33-22(32)18-19(27-9-11-28(12-10-27)20(30)17-8-5-13-34-17)15-6-3-4-7-16(15)29(21(18)31)14-23(24,25)26/h5,8,13,15-16H,2-4,6-7,9-12,14H2,1H3. The smallest absolute Gasteiger partial charge is 0.406 e. The van der Waals surface area contributed by atoms with E-state index in [1.54, 1.807) is 24.0 Å². The van der Waals surface area contributed by atoms with Crippen LogP contribution in [-0.2, 0) is 14.3 Å². The van der Waals surface area contributed by atoms with Crippen molar-refractivity contribution in [2.75, 3.05) is 39.3 Å². The summed E-state index contributed by atoms with van der Waals surface area (Å²) in [5.41, 5.74) is 0.164. The minimum atomic E-state index is -4.58. The number of hydrogen-bond acceptors (Lipinski definition) is 6. The lowest BCUT2D eigenvalue weighted by Gasteiger charge is -2.49. The molecule has 11 heteroatoms. The molecule has 0 radical (unpaired) electrons. The number of hydrogen-bond donors (Lipinski definition) is 0. The first-order valence-corrected chi connectivity index (χ1v) is 11.6. The number of ether oxygens (including phenoxy) is 1. The first kappa shape index (κ1) is 24.2. The normalized spacial score (nSPS) is 23.8. The molecule has 1 saturated heterocycles. The molecular weight excluding hydrogens is 455 g/mol. The maximum atomic E-state index is 13.4. The Balaban J connectivity index is 1.65. The molecule has 0 aromatic carbocycles. The molecule has 2 amide bonds. The van der Waals surface area contributed by atoms with Gasteiger partial charge in [-0.25, -0.2) is 4.79 Å². The lowest BCUT2D eigenvalue weighted by molar-refractivity contribution is -0.170. The number of amides is 2. The summed E-state index contributed by atoms with van der Waals surface area (Å²) < 4.78 is 50.4. The Morgan fingerprint density at radius 3 is 2.47 bits per heavy atom. The molecule has 0 bridgehead atoms. The molecule has 3 aliphatic rings. The van der Waals surface area contributed by atoms with Gasteiger partial charge in [-0.1, -0.05) is 12.8 Å². The van der Waals surface area contributed by atoms with Crippen molar-refractivity contribution in [3.8, 4) is 0 Å². The molecule has 1 aromatic rings. The first-order valence-electron chi connectivity index (χ1n) is 11.6. The highest BCUT2D eigenvalue weighted by Gasteiger charge is 2.50. The Hall–Kier alpha value is -2.98. The largest absolute Gasteiger partial charge is 0.462 e. The van der Waals surface area contributed by atoms with Crippen LogP contribution in [0.4, 0.5) is 13.2 Å². The second-order valence-electron chi connectivity index (χ2n) is 8.74. The summed E-state index contributed by atoms with van der Waals surface area (Å²) in [6.07, 6.45) is -0.614. The van der Waals surface area contributed by atoms with Crippen molar-refractivity contribution < 1.29 is 36.7 Å². The van der Waals surface area contributed by atoms with Gasteiger partial charge in [0.2, 0.25) is 0 Å². The molecule has 1 saturated carbocycles. The van der Waals surface area contributed by atoms with Crippen molar-refractivity contribution in [3.63, 3.8) is 0 Å². The highest BCUT2D eigenvalue weighted by Crippen LogP contribution is 2.42. The molecular formula is C23H28F3N3O5. The lowest BCUT2D eigenvalue weighted by atomic mass is 9.76. The number of nitrogens with zero attached hydrogens (tertiary/aromatic N) is 3. The topological polar surface area (TPSA) is 83.3 Å². The van der Waals surface area contributed by atoms with Crippen LogP contribution in [0.3, 0.4) is 0 Å². The van der Waals surface area contributed by atoms with E-state index in [2.05, 4.69) is 0 Å². The molecule has 8 nitrogen and oxygen atoms in total. The van der Waals surface area contributed by atoms with Crippen LogP contribution in [-0.4, -0.2) is 84.0 Å². The van der Waals surface area contributed by atoms with Gasteiger partial charge in [0.25, 0.3) is 11.8 Å². The zero-order valence-corrected chi connectivity index (χ0v) is 19.0. The number of fused-ring (bicyclic) bond motifs is 1. The van der Waals surface area contributed by atoms with Crippen LogP contribution in [0.25, 0.3) is 0 Å². The van der Waals surface area contributed by atoms with Crippen molar-refractivity contribution in [1.29, 1.82) is 0 Å². The van der Waals surface area contributed by atoms with Gasteiger partial charge < -0.3 is 23.9 Å². The Morgan fingerprint density at radius 2 is 1.85 bits per heavy atom. The van der Waals surface area contributed by atoms with Crippen LogP contribution in [0.5, 0.6) is 0 Å². The summed E-state index contributed by atoms with van der Waals surface area (Å²) >= 11 is 0. The Morgan fingerprint density at radius 1 is 1.15 bits per heavy atom. The van der Waals surface area contributed by atoms with E-state index in [1.165, 1.54) is 6.26 Å². The quantitative estimate of drug-likeness (QED) is 0.473. The van der Waals surface area contributed by atoms with Crippen molar-refractivity contribution in [1.82, 2.24) is 14.7 Å². The molecule has 1 aromatic heterocycles. The number of halogens is 3. The van der Waals surface area contributed by atoms with Gasteiger partial charge in [-0.2, -0.15) is 13.2 Å². The third-order valence-electron chi connectivity index (χ3n) is 6.68. The van der Waals surface area contributed by atoms with E-state index in [1.807, 2.05) is 4.90 Å². The van der Waals surface area contributed by atoms with Gasteiger partial charge in [-0.3, -0.25) is 9.59 Å². The van der Waals surface area contributed by atoms with Crippen LogP contribution in [0, 0.1) is 5.92 Å². The van der Waals surface area contributed by atoms with Gasteiger partial charge in [-0.05, 0) is 31.9 Å². The number of piperazine rings is 1. The molecule has 2 fully saturated rings. The first-order chi connectivity index (χ1) is 16.2. The van der Waals surface area contributed by atoms with E-state index in [0.29, 0.717) is 44.7 Å². The van der Waals surface area contributed by atoms with E-state index < -0.39 is 30.6 Å². The molecule has 0 spiro atoms. The Labute approximate surface area is 195 Å². The fourth-order valence-electron chi connectivity index (χ4n) is 5.27. The van der Waals surface area contributed by atoms with Gasteiger partial charge in [0.1, 0.15) is 12.1 Å². The molecule has 2 aliphatic heterocycles. The van der Waals surface area contributed by atoms with Gasteiger partial charge >= 0.3 is 12.1 Å². The zero-order chi connectivity index (χ0) is 24.5. The van der Waals surface area contributed by atoms with Crippen LogP contribution >= 0.6 is 0 Å². The molecule has 186 valence electrons. The van der Waals surface area contributed by atoms with E-state index in [9.17, 15) is 27.6 Å². The van der Waals surface area contributed by atoms with E-state index in [-0.39, 0.29) is 29.8 Å². The van der Waals surface area contributed by atoms with Crippen molar-refractivity contribution in [3.05, 3.63) is 35.4 Å². The fraction of sp³-hybridized carbons (Fsp3) is 0.609. The van der Waals surface area contributed by atoms with Crippen molar-refractivity contribution >= 4 is 17.8 Å². The second-order valence-corrected chi connectivity index (χ2v) is 8.74. The highest BCUT2D eigenvalue weighted by atomic mass is 19.4. The third kappa shape index (κ3) is 4.78. The minimum Gasteiger partial charge on any atom is -0.462 e. The Bertz CT molecular complexity index is 952. The van der Waals surface area contributed by atoms with Gasteiger partial charge in [0.05, 0.1) is 12.9 Å². The number of furan rings is 1. The summed E-state index contributed by atoms with van der Waals surface area (Å²) in [6.45, 7) is 1.55. The predicted octanol–water partition coefficient (Wildman–Crippen LogP) is 2.82. The number of rotatable bonds is 5. The van der Waals surface area contributed by atoms with Gasteiger partial charge in [0, 0.05) is 43.8 Å². The van der Waals surface area contributed by atoms with Gasteiger partial charge in [0.15, 0.2) is 5.76 Å². The van der Waals surface area contributed by atoms with Gasteiger partial charge in [-0.15, -0.1) is 0 Å². The van der Waals surface area contributed by atoms with Crippen LogP contribution < -0.4 is 0 Å². The van der Waals surface area contributed by atoms with Crippen molar-refractivity contribution in [2.24, 2.45) is 5.92 Å². The van der Waals surface area contributed by atoms with E-state index in [4.69, 9.17) is 9.15 Å². The molecule has 34 heavy (non-hydrogen) atoms. The number of esters is 1. The van der Waals surface area contributed by atoms with Crippen LogP contribution in [0.2, 0.25) is 0 Å². The van der Waals surface area contributed by atoms with Crippen molar-refractivity contribution in [2.45, 2.75) is 44.8 Å². The Kier molecular flexibility index (Phi) is 6.90. The van der Waals surface area contributed by atoms with Crippen LogP contribution in [0.1, 0.15) is 43.2 Å². The number of carbonyl (C=O) groups is 3. The zero-order valence-electron chi connectivity index (χ0n) is 19.0. The predicted molar refractivity (Wildman–Crippen MR) is 113 cm³/mol. The summed E-state index contributed by atoms with van der Waals surface area (Å²) in [4.78, 5) is 43.1. The molecule has 1 aliphatic carbocycles. The molecule has 4 rings (SSSR count). The van der Waals surface area contributed by atoms with E-state index >= 15 is 0 Å². The lowest BCUT2D eigenvalue weighted by Crippen LogP contribution is -2.58. The minimum absolute atomic E-state index is 0.00167. The maximum absolute atomic E-state index is 13.4. The molecule has 2 unspecified atom stereocenters. The second kappa shape index (κ2) is 9.71. The molecule has 3 heterocycles. The third-order valence-corrected chi connectivity index (χ3v) is 6.68. The highest BCUT2D eigenvalue weighted by molar-refractivity contribution is 6.17. The summed E-state index contributed by atoms with van der Waals surface area (Å²) in [6, 6.07) is 2.58. The fourth-order valence-corrected chi connectivity index (χ4v) is 5.27. The SMILES string of the molecule is CCOC(=O)C1=C(N2CCN(C(=O)c3ccco3)CC2)C2CCCCC2N(CC(F)(F)F)C1=O. The summed E-state index contributed by atoms with van der Waals surface area (Å²) in [7, 11) is 0. The average Bonchev–Trinajstić information content (AvgIpc) is 3.34. The molecule has 0 N–H and O–H groups in total. The van der Waals surface area contributed by atoms with E-state index in [0.717, 1.165) is 17.7 Å². The maximum Gasteiger partial charge on any atom is 0.406 e. The number of alkyl halides is 3. The average molecular weight is 483 g/mol. The summed E-state index contributed by atoms with van der Waals surface area (Å²) in [5.74, 6) is -2.24. The summed E-state index contributed by atoms with van der Waals surface area (Å²) in [5, 5.41) is 0. The molecule has 2 atom stereocenters. The number of carbonyl (C=O) groups excluding carboxylic acids is 3.